The van der Waals surface area contributed by atoms with Crippen molar-refractivity contribution in [1.29, 1.82) is 0 Å². The summed E-state index contributed by atoms with van der Waals surface area (Å²) in [6.07, 6.45) is 2.44. The Morgan fingerprint density at radius 2 is 1.47 bits per heavy atom. The van der Waals surface area contributed by atoms with Gasteiger partial charge >= 0.3 is 5.97 Å². The molecule has 0 saturated heterocycles. The Morgan fingerprint density at radius 1 is 0.812 bits per heavy atom. The number of esters is 1. The van der Waals surface area contributed by atoms with Gasteiger partial charge < -0.3 is 19.5 Å². The van der Waals surface area contributed by atoms with Crippen LogP contribution in [-0.2, 0) is 9.53 Å². The van der Waals surface area contributed by atoms with Gasteiger partial charge in [0.05, 0.1) is 18.8 Å². The minimum Gasteiger partial charge on any atom is -0.490 e. The zero-order chi connectivity index (χ0) is 23.3. The molecule has 0 aromatic heterocycles. The second kappa shape index (κ2) is 13.1. The monoisotopic (exact) mass is 441 g/mol. The lowest BCUT2D eigenvalue weighted by atomic mass is 9.98. The third kappa shape index (κ3) is 7.11. The van der Waals surface area contributed by atoms with Gasteiger partial charge in [-0.05, 0) is 43.5 Å². The fraction of sp³-hybridized carbons (Fsp3) is 0.400. The van der Waals surface area contributed by atoms with Gasteiger partial charge in [-0.2, -0.15) is 0 Å². The molecular weight excluding hydrogens is 410 g/mol. The van der Waals surface area contributed by atoms with Crippen LogP contribution in [0.3, 0.4) is 0 Å². The van der Waals surface area contributed by atoms with Gasteiger partial charge in [-0.3, -0.25) is 9.59 Å². The fourth-order valence-electron chi connectivity index (χ4n) is 2.84. The lowest BCUT2D eigenvalue weighted by Crippen LogP contribution is -2.29. The Labute approximate surface area is 189 Å². The molecule has 0 saturated carbocycles. The molecule has 1 amide bonds. The van der Waals surface area contributed by atoms with Crippen LogP contribution < -0.4 is 14.8 Å². The van der Waals surface area contributed by atoms with Gasteiger partial charge in [0, 0.05) is 17.7 Å². The van der Waals surface area contributed by atoms with Crippen molar-refractivity contribution in [3.63, 3.8) is 0 Å². The minimum atomic E-state index is -0.731. The van der Waals surface area contributed by atoms with Crippen molar-refractivity contribution in [2.75, 3.05) is 26.4 Å². The molecule has 0 fully saturated rings. The van der Waals surface area contributed by atoms with E-state index < -0.39 is 12.6 Å². The Kier molecular flexibility index (Phi) is 10.2. The van der Waals surface area contributed by atoms with Gasteiger partial charge in [0.15, 0.2) is 23.9 Å². The van der Waals surface area contributed by atoms with Gasteiger partial charge in [-0.25, -0.2) is 4.79 Å². The fourth-order valence-corrected chi connectivity index (χ4v) is 2.84. The highest BCUT2D eigenvalue weighted by Gasteiger charge is 2.21. The molecule has 2 aromatic rings. The number of carbonyl (C=O) groups excluding carboxylic acids is 3. The van der Waals surface area contributed by atoms with Crippen LogP contribution in [0.15, 0.2) is 42.5 Å². The molecule has 0 heterocycles. The number of rotatable bonds is 13. The van der Waals surface area contributed by atoms with Gasteiger partial charge in [-0.15, -0.1) is 0 Å². The standard InChI is InChI=1S/C25H31NO6/c1-4-13-26-23(27)17-32-25(29)20-10-8-7-9-19(20)24(28)18-11-12-21(30-14-5-2)22(16-18)31-15-6-3/h7-12,16H,4-6,13-15,17H2,1-3H3,(H,26,27). The molecule has 0 aliphatic rings. The maximum Gasteiger partial charge on any atom is 0.339 e. The number of hydrogen-bond donors (Lipinski definition) is 1. The van der Waals surface area contributed by atoms with E-state index in [1.807, 2.05) is 20.8 Å². The summed E-state index contributed by atoms with van der Waals surface area (Å²) < 4.78 is 16.6. The molecule has 0 unspecified atom stereocenters. The summed E-state index contributed by atoms with van der Waals surface area (Å²) >= 11 is 0. The largest absolute Gasteiger partial charge is 0.490 e. The van der Waals surface area contributed by atoms with Crippen LogP contribution in [0.25, 0.3) is 0 Å². The molecule has 7 heteroatoms. The average molecular weight is 442 g/mol. The highest BCUT2D eigenvalue weighted by molar-refractivity contribution is 6.14. The maximum absolute atomic E-state index is 13.2. The molecule has 2 aromatic carbocycles. The van der Waals surface area contributed by atoms with Gasteiger partial charge in [-0.1, -0.05) is 39.0 Å². The smallest absolute Gasteiger partial charge is 0.339 e. The van der Waals surface area contributed by atoms with E-state index >= 15 is 0 Å². The quantitative estimate of drug-likeness (QED) is 0.370. The zero-order valence-corrected chi connectivity index (χ0v) is 18.9. The number of nitrogens with one attached hydrogen (secondary N) is 1. The molecular formula is C25H31NO6. The lowest BCUT2D eigenvalue weighted by Gasteiger charge is -2.14. The first-order chi connectivity index (χ1) is 15.5. The van der Waals surface area contributed by atoms with Crippen molar-refractivity contribution < 1.29 is 28.6 Å². The summed E-state index contributed by atoms with van der Waals surface area (Å²) in [7, 11) is 0. The van der Waals surface area contributed by atoms with E-state index in [4.69, 9.17) is 14.2 Å². The van der Waals surface area contributed by atoms with Crippen LogP contribution >= 0.6 is 0 Å². The van der Waals surface area contributed by atoms with E-state index in [1.54, 1.807) is 36.4 Å². The summed E-state index contributed by atoms with van der Waals surface area (Å²) in [5.41, 5.74) is 0.652. The number of ether oxygens (including phenoxy) is 3. The summed E-state index contributed by atoms with van der Waals surface area (Å²) in [5.74, 6) is -0.409. The summed E-state index contributed by atoms with van der Waals surface area (Å²) in [5, 5.41) is 2.64. The van der Waals surface area contributed by atoms with Gasteiger partial charge in [0.25, 0.3) is 5.91 Å². The zero-order valence-electron chi connectivity index (χ0n) is 18.9. The number of amides is 1. The van der Waals surface area contributed by atoms with Crippen molar-refractivity contribution in [2.45, 2.75) is 40.0 Å². The molecule has 172 valence electrons. The van der Waals surface area contributed by atoms with Crippen molar-refractivity contribution in [2.24, 2.45) is 0 Å². The predicted octanol–water partition coefficient (Wildman–Crippen LogP) is 4.18. The molecule has 0 spiro atoms. The molecule has 7 nitrogen and oxygen atoms in total. The third-order valence-corrected chi connectivity index (χ3v) is 4.43. The molecule has 0 aliphatic carbocycles. The van der Waals surface area contributed by atoms with E-state index in [9.17, 15) is 14.4 Å². The van der Waals surface area contributed by atoms with E-state index in [-0.39, 0.29) is 22.8 Å². The molecule has 0 radical (unpaired) electrons. The van der Waals surface area contributed by atoms with Gasteiger partial charge in [0.2, 0.25) is 0 Å². The van der Waals surface area contributed by atoms with E-state index in [2.05, 4.69) is 5.32 Å². The second-order valence-corrected chi connectivity index (χ2v) is 7.16. The Morgan fingerprint density at radius 3 is 2.12 bits per heavy atom. The summed E-state index contributed by atoms with van der Waals surface area (Å²) in [6.45, 7) is 7.06. The van der Waals surface area contributed by atoms with Crippen LogP contribution in [0.4, 0.5) is 0 Å². The van der Waals surface area contributed by atoms with Crippen molar-refractivity contribution in [1.82, 2.24) is 5.32 Å². The first-order valence-corrected chi connectivity index (χ1v) is 11.0. The Balaban J connectivity index is 2.24. The molecule has 1 N–H and O–H groups in total. The number of ketones is 1. The highest BCUT2D eigenvalue weighted by atomic mass is 16.5. The van der Waals surface area contributed by atoms with Crippen LogP contribution in [0.2, 0.25) is 0 Å². The molecule has 0 aliphatic heterocycles. The second-order valence-electron chi connectivity index (χ2n) is 7.16. The van der Waals surface area contributed by atoms with Crippen molar-refractivity contribution in [3.05, 3.63) is 59.2 Å². The SMILES string of the molecule is CCCNC(=O)COC(=O)c1ccccc1C(=O)c1ccc(OCCC)c(OCCC)c1. The first-order valence-electron chi connectivity index (χ1n) is 11.0. The number of carbonyl (C=O) groups is 3. The molecule has 0 bridgehead atoms. The van der Waals surface area contributed by atoms with E-state index in [1.165, 1.54) is 6.07 Å². The molecule has 2 rings (SSSR count). The first kappa shape index (κ1) is 24.9. The number of benzene rings is 2. The van der Waals surface area contributed by atoms with Gasteiger partial charge in [0.1, 0.15) is 0 Å². The normalized spacial score (nSPS) is 10.3. The highest BCUT2D eigenvalue weighted by Crippen LogP contribution is 2.30. The maximum atomic E-state index is 13.2. The summed E-state index contributed by atoms with van der Waals surface area (Å²) in [6, 6.07) is 11.4. The topological polar surface area (TPSA) is 90.9 Å². The van der Waals surface area contributed by atoms with Crippen LogP contribution in [0.5, 0.6) is 11.5 Å². The Bertz CT molecular complexity index is 924. The van der Waals surface area contributed by atoms with Crippen molar-refractivity contribution in [3.8, 4) is 11.5 Å². The average Bonchev–Trinajstić information content (AvgIpc) is 2.83. The molecule has 0 atom stereocenters. The minimum absolute atomic E-state index is 0.100. The number of hydrogen-bond acceptors (Lipinski definition) is 6. The van der Waals surface area contributed by atoms with Crippen LogP contribution in [0.1, 0.15) is 66.3 Å². The third-order valence-electron chi connectivity index (χ3n) is 4.43. The van der Waals surface area contributed by atoms with Crippen molar-refractivity contribution >= 4 is 17.7 Å². The van der Waals surface area contributed by atoms with E-state index in [0.717, 1.165) is 19.3 Å². The summed E-state index contributed by atoms with van der Waals surface area (Å²) in [4.78, 5) is 37.5. The predicted molar refractivity (Wildman–Crippen MR) is 121 cm³/mol. The van der Waals surface area contributed by atoms with Crippen LogP contribution in [-0.4, -0.2) is 44.0 Å². The molecule has 32 heavy (non-hydrogen) atoms. The van der Waals surface area contributed by atoms with E-state index in [0.29, 0.717) is 36.8 Å². The lowest BCUT2D eigenvalue weighted by molar-refractivity contribution is -0.124. The van der Waals surface area contributed by atoms with Crippen LogP contribution in [0, 0.1) is 0 Å². The Hall–Kier alpha value is -3.35.